The van der Waals surface area contributed by atoms with E-state index in [9.17, 15) is 14.0 Å². The summed E-state index contributed by atoms with van der Waals surface area (Å²) in [5, 5.41) is 0. The van der Waals surface area contributed by atoms with E-state index in [2.05, 4.69) is 38.5 Å². The van der Waals surface area contributed by atoms with Crippen LogP contribution in [0, 0.1) is 9.39 Å². The van der Waals surface area contributed by atoms with Crippen LogP contribution in [0.4, 0.5) is 4.39 Å². The minimum atomic E-state index is -0.814. The van der Waals surface area contributed by atoms with Gasteiger partial charge < -0.3 is 14.2 Å². The second-order valence-corrected chi connectivity index (χ2v) is 13.5. The predicted molar refractivity (Wildman–Crippen MR) is 192 cm³/mol. The molecule has 0 aliphatic carbocycles. The van der Waals surface area contributed by atoms with Crippen LogP contribution in [0.5, 0.6) is 11.5 Å². The Morgan fingerprint density at radius 2 is 1.79 bits per heavy atom. The highest BCUT2D eigenvalue weighted by molar-refractivity contribution is 14.1. The first-order chi connectivity index (χ1) is 22.8. The Morgan fingerprint density at radius 3 is 2.47 bits per heavy atom. The third-order valence-corrected chi connectivity index (χ3v) is 9.67. The fourth-order valence-electron chi connectivity index (χ4n) is 5.26. The lowest BCUT2D eigenvalue weighted by Crippen LogP contribution is -2.40. The van der Waals surface area contributed by atoms with Crippen LogP contribution in [-0.4, -0.2) is 24.3 Å². The summed E-state index contributed by atoms with van der Waals surface area (Å²) in [5.74, 6) is 0.345. The maximum absolute atomic E-state index is 14.4. The molecular weight excluding hydrogens is 798 g/mol. The second-order valence-electron chi connectivity index (χ2n) is 10.4. The van der Waals surface area contributed by atoms with Crippen molar-refractivity contribution in [2.24, 2.45) is 4.99 Å². The molecule has 0 saturated carbocycles. The van der Waals surface area contributed by atoms with Gasteiger partial charge in [-0.3, -0.25) is 9.36 Å². The normalized spacial score (nSPS) is 14.4. The number of ether oxygens (including phenoxy) is 3. The number of nitrogens with zero attached hydrogens (tertiary/aromatic N) is 2. The van der Waals surface area contributed by atoms with Crippen molar-refractivity contribution in [3.8, 4) is 11.5 Å². The molecule has 2 heterocycles. The monoisotopic (exact) mass is 824 g/mol. The highest BCUT2D eigenvalue weighted by Crippen LogP contribution is 2.36. The number of benzene rings is 4. The van der Waals surface area contributed by atoms with Crippen LogP contribution in [0.25, 0.3) is 11.8 Å². The van der Waals surface area contributed by atoms with E-state index >= 15 is 0 Å². The Hall–Kier alpha value is -4.07. The molecule has 238 valence electrons. The quantitative estimate of drug-likeness (QED) is 0.118. The lowest BCUT2D eigenvalue weighted by atomic mass is 9.93. The molecular formula is C36H27BrFIN2O5S. The molecule has 1 aromatic heterocycles. The van der Waals surface area contributed by atoms with Crippen molar-refractivity contribution >= 4 is 67.6 Å². The van der Waals surface area contributed by atoms with E-state index in [1.165, 1.54) is 23.5 Å². The SMILES string of the molecule is CCOC(=O)C1=C(c2ccccc2)N=c2s/c(=C\c3cc(Br)cc(I)c3OCc3ccc(F)cc3)c(=O)n2[C@@H]1c1ccc(OC)cc1. The van der Waals surface area contributed by atoms with Crippen LogP contribution in [0.2, 0.25) is 0 Å². The van der Waals surface area contributed by atoms with E-state index in [1.807, 2.05) is 54.6 Å². The van der Waals surface area contributed by atoms with Crippen molar-refractivity contribution < 1.29 is 23.4 Å². The third kappa shape index (κ3) is 6.97. The van der Waals surface area contributed by atoms with Crippen LogP contribution >= 0.6 is 49.9 Å². The number of methoxy groups -OCH3 is 1. The van der Waals surface area contributed by atoms with Crippen LogP contribution in [0.1, 0.15) is 35.2 Å². The third-order valence-electron chi connectivity index (χ3n) is 7.43. The molecule has 0 N–H and O–H groups in total. The van der Waals surface area contributed by atoms with Gasteiger partial charge in [-0.05, 0) is 83.1 Å². The molecule has 0 unspecified atom stereocenters. The van der Waals surface area contributed by atoms with Gasteiger partial charge in [0, 0.05) is 15.6 Å². The first kappa shape index (κ1) is 32.9. The maximum Gasteiger partial charge on any atom is 0.338 e. The summed E-state index contributed by atoms with van der Waals surface area (Å²) in [5.41, 5.74) is 3.29. The number of aromatic nitrogens is 1. The van der Waals surface area contributed by atoms with Gasteiger partial charge in [0.15, 0.2) is 4.80 Å². The Morgan fingerprint density at radius 1 is 1.06 bits per heavy atom. The largest absolute Gasteiger partial charge is 0.497 e. The number of fused-ring (bicyclic) bond motifs is 1. The smallest absolute Gasteiger partial charge is 0.338 e. The van der Waals surface area contributed by atoms with Gasteiger partial charge in [-0.2, -0.15) is 0 Å². The Labute approximate surface area is 295 Å². The minimum absolute atomic E-state index is 0.159. The summed E-state index contributed by atoms with van der Waals surface area (Å²) < 4.78 is 34.2. The van der Waals surface area contributed by atoms with Gasteiger partial charge in [0.25, 0.3) is 5.56 Å². The number of hydrogen-bond acceptors (Lipinski definition) is 7. The van der Waals surface area contributed by atoms with Crippen molar-refractivity contribution in [2.75, 3.05) is 13.7 Å². The Kier molecular flexibility index (Phi) is 10.0. The zero-order valence-corrected chi connectivity index (χ0v) is 29.8. The summed E-state index contributed by atoms with van der Waals surface area (Å²) in [4.78, 5) is 33.4. The van der Waals surface area contributed by atoms with Gasteiger partial charge in [-0.25, -0.2) is 14.2 Å². The molecule has 0 saturated heterocycles. The van der Waals surface area contributed by atoms with Crippen LogP contribution in [0.15, 0.2) is 111 Å². The highest BCUT2D eigenvalue weighted by atomic mass is 127. The Bertz CT molecular complexity index is 2160. The highest BCUT2D eigenvalue weighted by Gasteiger charge is 2.35. The molecule has 7 nitrogen and oxygen atoms in total. The van der Waals surface area contributed by atoms with Crippen LogP contribution < -0.4 is 24.4 Å². The molecule has 0 spiro atoms. The van der Waals surface area contributed by atoms with Crippen molar-refractivity contribution in [1.29, 1.82) is 0 Å². The minimum Gasteiger partial charge on any atom is -0.497 e. The van der Waals surface area contributed by atoms with E-state index in [0.29, 0.717) is 37.7 Å². The molecule has 1 aliphatic heterocycles. The van der Waals surface area contributed by atoms with Crippen molar-refractivity contribution in [3.05, 3.63) is 152 Å². The topological polar surface area (TPSA) is 79.1 Å². The summed E-state index contributed by atoms with van der Waals surface area (Å²) in [7, 11) is 1.58. The van der Waals surface area contributed by atoms with E-state index < -0.39 is 12.0 Å². The summed E-state index contributed by atoms with van der Waals surface area (Å²) in [6, 6.07) is 25.8. The lowest BCUT2D eigenvalue weighted by Gasteiger charge is -2.26. The molecule has 47 heavy (non-hydrogen) atoms. The number of thiazole rings is 1. The predicted octanol–water partition coefficient (Wildman–Crippen LogP) is 7.03. The van der Waals surface area contributed by atoms with Crippen LogP contribution in [-0.2, 0) is 16.1 Å². The molecule has 11 heteroatoms. The fourth-order valence-corrected chi connectivity index (χ4v) is 7.96. The number of halogens is 3. The summed E-state index contributed by atoms with van der Waals surface area (Å²) >= 11 is 6.99. The van der Waals surface area contributed by atoms with Gasteiger partial charge in [-0.15, -0.1) is 0 Å². The first-order valence-electron chi connectivity index (χ1n) is 14.6. The van der Waals surface area contributed by atoms with Crippen molar-refractivity contribution in [1.82, 2.24) is 4.57 Å². The number of rotatable bonds is 9. The average Bonchev–Trinajstić information content (AvgIpc) is 3.38. The first-order valence-corrected chi connectivity index (χ1v) is 17.2. The zero-order valence-electron chi connectivity index (χ0n) is 25.2. The van der Waals surface area contributed by atoms with E-state index in [-0.39, 0.29) is 30.2 Å². The molecule has 0 fully saturated rings. The molecule has 0 amide bonds. The standard InChI is InChI=1S/C36H27BrFIN2O5S/c1-3-45-35(43)30-31(22-7-5-4-6-8-22)40-36-41(32(30)23-11-15-27(44-2)16-12-23)34(42)29(47-36)18-24-17-25(37)19-28(39)33(24)46-20-21-9-13-26(38)14-10-21/h4-19,32H,3,20H2,1-2H3/b29-18-/t32-/m1/s1. The van der Waals surface area contributed by atoms with Crippen LogP contribution in [0.3, 0.4) is 0 Å². The summed E-state index contributed by atoms with van der Waals surface area (Å²) in [6.07, 6.45) is 1.78. The van der Waals surface area contributed by atoms with Crippen molar-refractivity contribution in [2.45, 2.75) is 19.6 Å². The van der Waals surface area contributed by atoms with E-state index in [0.717, 1.165) is 19.2 Å². The molecule has 0 radical (unpaired) electrons. The molecule has 4 aromatic carbocycles. The number of esters is 1. The van der Waals surface area contributed by atoms with E-state index in [1.54, 1.807) is 48.9 Å². The zero-order chi connectivity index (χ0) is 33.1. The maximum atomic E-state index is 14.4. The van der Waals surface area contributed by atoms with Gasteiger partial charge in [0.1, 0.15) is 23.9 Å². The number of carbonyl (C=O) groups excluding carboxylic acids is 1. The second kappa shape index (κ2) is 14.4. The number of carbonyl (C=O) groups is 1. The van der Waals surface area contributed by atoms with E-state index in [4.69, 9.17) is 19.2 Å². The molecule has 6 rings (SSSR count). The van der Waals surface area contributed by atoms with Crippen molar-refractivity contribution in [3.63, 3.8) is 0 Å². The van der Waals surface area contributed by atoms with Gasteiger partial charge in [-0.1, -0.05) is 81.9 Å². The van der Waals surface area contributed by atoms with Gasteiger partial charge in [0.2, 0.25) is 0 Å². The molecule has 5 aromatic rings. The Balaban J connectivity index is 1.55. The number of hydrogen-bond donors (Lipinski definition) is 0. The molecule has 1 aliphatic rings. The fraction of sp³-hybridized carbons (Fsp3) is 0.139. The molecule has 1 atom stereocenters. The van der Waals surface area contributed by atoms with Gasteiger partial charge >= 0.3 is 5.97 Å². The molecule has 0 bridgehead atoms. The average molecular weight is 825 g/mol. The van der Waals surface area contributed by atoms with Gasteiger partial charge in [0.05, 0.1) is 39.1 Å². The summed E-state index contributed by atoms with van der Waals surface area (Å²) in [6.45, 7) is 2.11. The lowest BCUT2D eigenvalue weighted by molar-refractivity contribution is -0.138.